The van der Waals surface area contributed by atoms with Crippen molar-refractivity contribution < 1.29 is 72.8 Å². The number of amides is 1. The van der Waals surface area contributed by atoms with Crippen LogP contribution in [-0.4, -0.2) is 106 Å². The number of ether oxygens (including phenoxy) is 5. The quantitative estimate of drug-likeness (QED) is 0.0695. The third-order valence-corrected chi connectivity index (χ3v) is 13.3. The van der Waals surface area contributed by atoms with Gasteiger partial charge in [-0.1, -0.05) is 87.5 Å². The summed E-state index contributed by atoms with van der Waals surface area (Å²) in [6.07, 6.45) is -8.80. The predicted octanol–water partition coefficient (Wildman–Crippen LogP) is 4.81. The molecule has 3 fully saturated rings. The van der Waals surface area contributed by atoms with Crippen molar-refractivity contribution in [2.24, 2.45) is 28.6 Å². The van der Waals surface area contributed by atoms with Crippen molar-refractivity contribution in [2.45, 2.75) is 109 Å². The molecule has 1 saturated heterocycles. The SMILES string of the molecule is CC(=O)O[C@H]1C(=O)[C@@]2(C)[C@H]([C@H](OC(=O)c3ccccc3)CC(C)(C)C1C(C)[C@H](CCO)OC(=O)[C@H](OO)C(NC(=O)c1ccccc1)c1ccccc1)[C@]1(OC(C)=O)CO[C@@H]1C[C@@H]2O. The minimum Gasteiger partial charge on any atom is -0.460 e. The molecule has 16 nitrogen and oxygen atoms in total. The fourth-order valence-electron chi connectivity index (χ4n) is 10.4. The highest BCUT2D eigenvalue weighted by Gasteiger charge is 2.74. The number of nitrogens with one attached hydrogen (secondary N) is 1. The lowest BCUT2D eigenvalue weighted by atomic mass is 9.48. The number of carbonyl (C=O) groups excluding carboxylic acids is 6. The largest absolute Gasteiger partial charge is 0.460 e. The summed E-state index contributed by atoms with van der Waals surface area (Å²) in [5.74, 6) is -8.04. The van der Waals surface area contributed by atoms with Crippen molar-refractivity contribution in [2.75, 3.05) is 13.2 Å². The van der Waals surface area contributed by atoms with E-state index in [1.807, 2.05) is 0 Å². The van der Waals surface area contributed by atoms with Gasteiger partial charge in [0, 0.05) is 50.7 Å². The minimum absolute atomic E-state index is 0.0713. The Bertz CT molecular complexity index is 2150. The summed E-state index contributed by atoms with van der Waals surface area (Å²) in [4.78, 5) is 88.1. The first-order chi connectivity index (χ1) is 30.4. The zero-order valence-corrected chi connectivity index (χ0v) is 36.7. The van der Waals surface area contributed by atoms with Crippen LogP contribution in [0.3, 0.4) is 0 Å². The number of carbonyl (C=O) groups is 6. The van der Waals surface area contributed by atoms with E-state index in [-0.39, 0.29) is 37.0 Å². The van der Waals surface area contributed by atoms with Crippen LogP contribution in [-0.2, 0) is 47.8 Å². The van der Waals surface area contributed by atoms with Gasteiger partial charge in [-0.2, -0.15) is 0 Å². The molecular weight excluding hydrogens is 831 g/mol. The van der Waals surface area contributed by atoms with Crippen LogP contribution in [0.2, 0.25) is 0 Å². The topological polar surface area (TPSA) is 231 Å². The maximum atomic E-state index is 15.6. The van der Waals surface area contributed by atoms with Gasteiger partial charge in [0.25, 0.3) is 5.91 Å². The smallest absolute Gasteiger partial charge is 0.341 e. The maximum Gasteiger partial charge on any atom is 0.341 e. The summed E-state index contributed by atoms with van der Waals surface area (Å²) in [5, 5.41) is 35.6. The molecule has 0 spiro atoms. The van der Waals surface area contributed by atoms with Crippen molar-refractivity contribution in [3.05, 3.63) is 108 Å². The second-order valence-corrected chi connectivity index (χ2v) is 17.9. The number of ketones is 1. The van der Waals surface area contributed by atoms with Gasteiger partial charge in [0.05, 0.1) is 35.6 Å². The number of aliphatic hydroxyl groups excluding tert-OH is 2. The fraction of sp³-hybridized carbons (Fsp3) is 0.500. The monoisotopic (exact) mass is 887 g/mol. The van der Waals surface area contributed by atoms with Crippen molar-refractivity contribution in [1.82, 2.24) is 5.32 Å². The van der Waals surface area contributed by atoms with E-state index in [0.717, 1.165) is 6.92 Å². The molecule has 3 aromatic rings. The van der Waals surface area contributed by atoms with Gasteiger partial charge in [0.1, 0.15) is 18.3 Å². The zero-order valence-electron chi connectivity index (χ0n) is 36.7. The summed E-state index contributed by atoms with van der Waals surface area (Å²) in [5.41, 5.74) is -3.80. The summed E-state index contributed by atoms with van der Waals surface area (Å²) in [7, 11) is 0. The van der Waals surface area contributed by atoms with Crippen LogP contribution < -0.4 is 5.32 Å². The van der Waals surface area contributed by atoms with Crippen molar-refractivity contribution in [1.29, 1.82) is 0 Å². The number of hydrogen-bond acceptors (Lipinski definition) is 15. The normalized spacial score (nSPS) is 29.0. The van der Waals surface area contributed by atoms with Crippen molar-refractivity contribution in [3.63, 3.8) is 0 Å². The first kappa shape index (κ1) is 47.9. The van der Waals surface area contributed by atoms with Gasteiger partial charge >= 0.3 is 23.9 Å². The average Bonchev–Trinajstić information content (AvgIpc) is 3.26. The minimum atomic E-state index is -1.91. The first-order valence-corrected chi connectivity index (χ1v) is 21.4. The highest BCUT2D eigenvalue weighted by molar-refractivity contribution is 5.95. The van der Waals surface area contributed by atoms with E-state index in [1.165, 1.54) is 13.8 Å². The molecule has 2 saturated carbocycles. The molecule has 64 heavy (non-hydrogen) atoms. The third-order valence-electron chi connectivity index (χ3n) is 13.3. The maximum absolute atomic E-state index is 15.6. The Morgan fingerprint density at radius 1 is 0.859 bits per heavy atom. The Morgan fingerprint density at radius 2 is 1.45 bits per heavy atom. The summed E-state index contributed by atoms with van der Waals surface area (Å²) in [6, 6.07) is 23.3. The van der Waals surface area contributed by atoms with E-state index < -0.39 is 119 Å². The van der Waals surface area contributed by atoms with Crippen LogP contribution in [0, 0.1) is 28.6 Å². The predicted molar refractivity (Wildman–Crippen MR) is 226 cm³/mol. The molecule has 0 aromatic heterocycles. The molecule has 16 heteroatoms. The number of benzene rings is 3. The van der Waals surface area contributed by atoms with Gasteiger partial charge in [-0.15, -0.1) is 0 Å². The van der Waals surface area contributed by atoms with Crippen molar-refractivity contribution >= 4 is 35.6 Å². The van der Waals surface area contributed by atoms with Gasteiger partial charge in [-0.05, 0) is 48.6 Å². The molecule has 344 valence electrons. The van der Waals surface area contributed by atoms with E-state index in [9.17, 15) is 39.4 Å². The molecule has 3 aliphatic rings. The van der Waals surface area contributed by atoms with Gasteiger partial charge in [0.2, 0.25) is 6.10 Å². The zero-order chi connectivity index (χ0) is 46.6. The van der Waals surface area contributed by atoms with Crippen molar-refractivity contribution in [3.8, 4) is 0 Å². The van der Waals surface area contributed by atoms with E-state index in [0.29, 0.717) is 5.56 Å². The molecule has 3 unspecified atom stereocenters. The van der Waals surface area contributed by atoms with E-state index >= 15 is 4.79 Å². The van der Waals surface area contributed by atoms with Crippen LogP contribution in [0.25, 0.3) is 0 Å². The molecular formula is C48H57NO15. The van der Waals surface area contributed by atoms with Crippen LogP contribution in [0.1, 0.15) is 93.1 Å². The molecule has 12 atom stereocenters. The molecule has 1 amide bonds. The number of rotatable bonds is 15. The molecule has 2 aliphatic carbocycles. The first-order valence-electron chi connectivity index (χ1n) is 21.4. The summed E-state index contributed by atoms with van der Waals surface area (Å²) < 4.78 is 30.4. The second kappa shape index (κ2) is 19.7. The number of Topliss-reactive ketones (excluding diaryl/α,β-unsaturated/α-hetero) is 1. The molecule has 1 heterocycles. The Labute approximate surface area is 371 Å². The average molecular weight is 888 g/mol. The van der Waals surface area contributed by atoms with Crippen LogP contribution in [0.15, 0.2) is 91.0 Å². The number of fused-ring (bicyclic) bond motifs is 3. The van der Waals surface area contributed by atoms with E-state index in [4.69, 9.17) is 28.6 Å². The Kier molecular flexibility index (Phi) is 14.8. The highest BCUT2D eigenvalue weighted by atomic mass is 17.1. The Hall–Kier alpha value is -5.52. The van der Waals surface area contributed by atoms with Gasteiger partial charge in [-0.25, -0.2) is 14.5 Å². The summed E-state index contributed by atoms with van der Waals surface area (Å²) >= 11 is 0. The number of hydrogen-bond donors (Lipinski definition) is 4. The molecule has 3 aromatic carbocycles. The van der Waals surface area contributed by atoms with Gasteiger partial charge in [0.15, 0.2) is 17.5 Å². The lowest BCUT2D eigenvalue weighted by Gasteiger charge is -2.64. The van der Waals surface area contributed by atoms with Crippen LogP contribution >= 0.6 is 0 Å². The van der Waals surface area contributed by atoms with Crippen LogP contribution in [0.4, 0.5) is 0 Å². The number of aliphatic hydroxyl groups is 2. The van der Waals surface area contributed by atoms with Gasteiger partial charge in [-0.3, -0.25) is 24.4 Å². The lowest BCUT2D eigenvalue weighted by molar-refractivity contribution is -0.333. The van der Waals surface area contributed by atoms with E-state index in [1.54, 1.807) is 112 Å². The molecule has 0 radical (unpaired) electrons. The fourth-order valence-corrected chi connectivity index (χ4v) is 10.4. The Morgan fingerprint density at radius 3 is 1.98 bits per heavy atom. The highest BCUT2D eigenvalue weighted by Crippen LogP contribution is 2.61. The molecule has 0 bridgehead atoms. The standard InChI is InChI=1S/C48H57NO15/c1-27(33(22-23-50)61-45(57)40(64-58)38(30-16-10-7-11-17-30)49-43(55)31-18-12-8-13-19-31)37-39(60-28(2)51)42(54)47(6)35(53)24-36-48(26-59-36,63-29(3)52)41(47)34(25-46(37,4)5)62-44(56)32-20-14-9-15-21-32/h7-21,27,33-41,50,53,58H,22-26H2,1-6H3,(H,49,55)/t27?,33-,34+,35-,36+,37?,38?,39+,40+,41-,47+,48-/m0/s1. The molecule has 6 rings (SSSR count). The summed E-state index contributed by atoms with van der Waals surface area (Å²) in [6.45, 7) is 8.28. The Balaban J connectivity index is 1.42. The molecule has 1 aliphatic heterocycles. The third kappa shape index (κ3) is 9.47. The van der Waals surface area contributed by atoms with Crippen LogP contribution in [0.5, 0.6) is 0 Å². The second-order valence-electron chi connectivity index (χ2n) is 17.9. The lowest BCUT2D eigenvalue weighted by Crippen LogP contribution is -2.78. The molecule has 4 N–H and O–H groups in total. The van der Waals surface area contributed by atoms with E-state index in [2.05, 4.69) is 5.32 Å². The van der Waals surface area contributed by atoms with Gasteiger partial charge < -0.3 is 39.2 Å². The number of esters is 4.